The molecule has 4 aromatic rings. The number of anilines is 2. The van der Waals surface area contributed by atoms with Gasteiger partial charge < -0.3 is 30.3 Å². The van der Waals surface area contributed by atoms with Gasteiger partial charge in [-0.05, 0) is 75.1 Å². The van der Waals surface area contributed by atoms with Crippen LogP contribution in [0.15, 0.2) is 72.9 Å². The number of ether oxygens (including phenoxy) is 2. The Morgan fingerprint density at radius 3 is 2.21 bits per heavy atom. The lowest BCUT2D eigenvalue weighted by atomic mass is 10.1. The highest BCUT2D eigenvalue weighted by Gasteiger charge is 2.21. The molecule has 0 saturated carbocycles. The third kappa shape index (κ3) is 8.76. The van der Waals surface area contributed by atoms with E-state index in [0.29, 0.717) is 34.7 Å². The molecular weight excluding hydrogens is 530 g/mol. The van der Waals surface area contributed by atoms with E-state index in [1.54, 1.807) is 25.4 Å². The van der Waals surface area contributed by atoms with E-state index >= 15 is 0 Å². The fraction of sp³-hybridized carbons (Fsp3) is 0.303. The molecule has 42 heavy (non-hydrogen) atoms. The third-order valence-electron chi connectivity index (χ3n) is 6.50. The van der Waals surface area contributed by atoms with Gasteiger partial charge in [-0.25, -0.2) is 4.98 Å². The second kappa shape index (κ2) is 16.1. The number of benzene rings is 3. The summed E-state index contributed by atoms with van der Waals surface area (Å²) in [5.41, 5.74) is 2.38. The van der Waals surface area contributed by atoms with Crippen LogP contribution in [0.2, 0.25) is 0 Å². The fourth-order valence-corrected chi connectivity index (χ4v) is 4.73. The van der Waals surface area contributed by atoms with Gasteiger partial charge in [0.05, 0.1) is 12.7 Å². The Labute approximate surface area is 248 Å². The van der Waals surface area contributed by atoms with Crippen molar-refractivity contribution in [3.8, 4) is 17.2 Å². The number of fused-ring (bicyclic) bond motifs is 1. The predicted molar refractivity (Wildman–Crippen MR) is 171 cm³/mol. The van der Waals surface area contributed by atoms with Crippen molar-refractivity contribution < 1.29 is 19.1 Å². The molecule has 1 aliphatic heterocycles. The van der Waals surface area contributed by atoms with Gasteiger partial charge in [0.25, 0.3) is 0 Å². The van der Waals surface area contributed by atoms with Gasteiger partial charge in [0.2, 0.25) is 0 Å². The highest BCUT2D eigenvalue weighted by molar-refractivity contribution is 5.98. The molecule has 0 aliphatic carbocycles. The summed E-state index contributed by atoms with van der Waals surface area (Å²) in [6.45, 7) is 6.29. The molecule has 1 aliphatic rings. The lowest BCUT2D eigenvalue weighted by molar-refractivity contribution is 0.111. The Balaban J connectivity index is 0.000000213. The fourth-order valence-electron chi connectivity index (χ4n) is 4.73. The number of piperazine rings is 1. The number of nitrogens with one attached hydrogen (secondary N) is 3. The van der Waals surface area contributed by atoms with E-state index in [0.717, 1.165) is 53.7 Å². The van der Waals surface area contributed by atoms with E-state index in [4.69, 9.17) is 9.47 Å². The Bertz CT molecular complexity index is 1450. The maximum absolute atomic E-state index is 11.0. The van der Waals surface area contributed by atoms with Gasteiger partial charge in [-0.2, -0.15) is 0 Å². The number of hydrogen-bond donors (Lipinski definition) is 3. The number of rotatable bonds is 7. The lowest BCUT2D eigenvalue weighted by Gasteiger charge is -2.37. The summed E-state index contributed by atoms with van der Waals surface area (Å²) < 4.78 is 11.1. The smallest absolute Gasteiger partial charge is 0.153 e. The lowest BCUT2D eigenvalue weighted by Crippen LogP contribution is -2.54. The molecule has 2 unspecified atom stereocenters. The van der Waals surface area contributed by atoms with Crippen molar-refractivity contribution in [1.82, 2.24) is 15.6 Å². The normalized spacial score (nSPS) is 15.8. The maximum atomic E-state index is 11.0. The number of carbonyl (C=O) groups is 2. The average Bonchev–Trinajstić information content (AvgIpc) is 3.00. The summed E-state index contributed by atoms with van der Waals surface area (Å²) in [6.07, 6.45) is 3.38. The van der Waals surface area contributed by atoms with E-state index in [1.165, 1.54) is 0 Å². The molecule has 0 radical (unpaired) electrons. The van der Waals surface area contributed by atoms with Crippen LogP contribution in [0.25, 0.3) is 10.8 Å². The molecule has 3 aromatic carbocycles. The summed E-state index contributed by atoms with van der Waals surface area (Å²) in [7, 11) is 7.15. The van der Waals surface area contributed by atoms with Crippen molar-refractivity contribution in [2.75, 3.05) is 51.6 Å². The second-order valence-corrected chi connectivity index (χ2v) is 9.99. The summed E-state index contributed by atoms with van der Waals surface area (Å²) in [4.78, 5) is 28.4. The number of carbonyl (C=O) groups excluding carboxylic acids is 2. The topological polar surface area (TPSA) is 105 Å². The van der Waals surface area contributed by atoms with Crippen LogP contribution in [0.4, 0.5) is 11.5 Å². The number of nitrogens with zero attached hydrogens (tertiary/aromatic N) is 2. The standard InChI is InChI=1S/C17H14N2O2.C14H20N2O2.C2H7N/c1-18-17-10-15(7-8-19-17)21-14-5-6-16-12(9-14)3-2-4-13(16)11-20;1-10-7-16(8-11(2)15-10)13-5-4-12(9-17)14(6-13)18-3;1-3-2/h2-11H,1H3,(H,18,19);4-6,9-11,15H,7-8H2,1-3H3;3H,1-2H3. The van der Waals surface area contributed by atoms with E-state index in [-0.39, 0.29) is 0 Å². The molecule has 1 saturated heterocycles. The molecule has 0 spiro atoms. The van der Waals surface area contributed by atoms with E-state index in [9.17, 15) is 9.59 Å². The Morgan fingerprint density at radius 1 is 0.881 bits per heavy atom. The molecule has 1 fully saturated rings. The van der Waals surface area contributed by atoms with Crippen molar-refractivity contribution in [2.24, 2.45) is 0 Å². The summed E-state index contributed by atoms with van der Waals surface area (Å²) in [5, 5.41) is 11.1. The summed E-state index contributed by atoms with van der Waals surface area (Å²) >= 11 is 0. The minimum Gasteiger partial charge on any atom is -0.496 e. The number of aldehydes is 2. The number of aromatic nitrogens is 1. The monoisotopic (exact) mass is 571 g/mol. The molecule has 2 heterocycles. The van der Waals surface area contributed by atoms with Gasteiger partial charge in [0.1, 0.15) is 23.1 Å². The molecule has 0 amide bonds. The first kappa shape index (κ1) is 32.0. The van der Waals surface area contributed by atoms with Crippen LogP contribution in [0, 0.1) is 0 Å². The molecule has 3 N–H and O–H groups in total. The average molecular weight is 572 g/mol. The molecular formula is C33H41N5O4. The van der Waals surface area contributed by atoms with Crippen LogP contribution in [-0.4, -0.2) is 71.0 Å². The molecule has 9 nitrogen and oxygen atoms in total. The minimum absolute atomic E-state index is 0.463. The number of hydrogen-bond acceptors (Lipinski definition) is 9. The first-order valence-corrected chi connectivity index (χ1v) is 13.9. The van der Waals surface area contributed by atoms with Crippen molar-refractivity contribution >= 4 is 34.9 Å². The second-order valence-electron chi connectivity index (χ2n) is 9.99. The van der Waals surface area contributed by atoms with Gasteiger partial charge in [-0.3, -0.25) is 9.59 Å². The Kier molecular flexibility index (Phi) is 12.3. The van der Waals surface area contributed by atoms with Crippen LogP contribution in [0.5, 0.6) is 17.2 Å². The third-order valence-corrected chi connectivity index (χ3v) is 6.50. The zero-order valence-corrected chi connectivity index (χ0v) is 25.2. The van der Waals surface area contributed by atoms with Crippen LogP contribution in [0.1, 0.15) is 34.6 Å². The predicted octanol–water partition coefficient (Wildman–Crippen LogP) is 5.41. The molecule has 9 heteroatoms. The molecule has 1 aromatic heterocycles. The van der Waals surface area contributed by atoms with Crippen molar-refractivity contribution in [2.45, 2.75) is 25.9 Å². The van der Waals surface area contributed by atoms with Crippen LogP contribution >= 0.6 is 0 Å². The summed E-state index contributed by atoms with van der Waals surface area (Å²) in [5.74, 6) is 2.82. The Morgan fingerprint density at radius 2 is 1.57 bits per heavy atom. The largest absolute Gasteiger partial charge is 0.496 e. The van der Waals surface area contributed by atoms with E-state index in [1.807, 2.05) is 75.7 Å². The quantitative estimate of drug-likeness (QED) is 0.251. The van der Waals surface area contributed by atoms with Crippen LogP contribution < -0.4 is 30.3 Å². The molecule has 0 bridgehead atoms. The Hall–Kier alpha value is -4.47. The van der Waals surface area contributed by atoms with E-state index < -0.39 is 0 Å². The van der Waals surface area contributed by atoms with Crippen LogP contribution in [0.3, 0.4) is 0 Å². The van der Waals surface area contributed by atoms with Crippen molar-refractivity contribution in [3.05, 3.63) is 84.1 Å². The zero-order chi connectivity index (χ0) is 30.5. The van der Waals surface area contributed by atoms with Gasteiger partial charge in [-0.15, -0.1) is 0 Å². The molecule has 2 atom stereocenters. The first-order chi connectivity index (χ1) is 20.3. The van der Waals surface area contributed by atoms with Gasteiger partial charge in [-0.1, -0.05) is 18.2 Å². The van der Waals surface area contributed by atoms with Gasteiger partial charge in [0, 0.05) is 61.8 Å². The molecule has 5 rings (SSSR count). The minimum atomic E-state index is 0.463. The van der Waals surface area contributed by atoms with Gasteiger partial charge >= 0.3 is 0 Å². The van der Waals surface area contributed by atoms with Crippen molar-refractivity contribution in [3.63, 3.8) is 0 Å². The number of pyridine rings is 1. The van der Waals surface area contributed by atoms with Gasteiger partial charge in [0.15, 0.2) is 12.6 Å². The maximum Gasteiger partial charge on any atom is 0.153 e. The highest BCUT2D eigenvalue weighted by atomic mass is 16.5. The SMILES string of the molecule is CNC.CNc1cc(Oc2ccc3c(C=O)cccc3c2)ccn1.COc1cc(N2CC(C)NC(C)C2)ccc1C=O. The summed E-state index contributed by atoms with van der Waals surface area (Å²) in [6, 6.07) is 21.6. The van der Waals surface area contributed by atoms with E-state index in [2.05, 4.69) is 39.7 Å². The van der Waals surface area contributed by atoms with Crippen molar-refractivity contribution in [1.29, 1.82) is 0 Å². The van der Waals surface area contributed by atoms with Crippen LogP contribution in [-0.2, 0) is 0 Å². The number of methoxy groups -OCH3 is 1. The zero-order valence-electron chi connectivity index (χ0n) is 25.2. The highest BCUT2D eigenvalue weighted by Crippen LogP contribution is 2.28. The first-order valence-electron chi connectivity index (χ1n) is 13.9. The molecule has 222 valence electrons.